The van der Waals surface area contributed by atoms with Crippen LogP contribution in [0.4, 0.5) is 5.13 Å². The summed E-state index contributed by atoms with van der Waals surface area (Å²) in [6.45, 7) is 3.90. The highest BCUT2D eigenvalue weighted by atomic mass is 32.1. The fourth-order valence-corrected chi connectivity index (χ4v) is 4.26. The second-order valence-corrected chi connectivity index (χ2v) is 7.53. The van der Waals surface area contributed by atoms with Crippen LogP contribution in [0.15, 0.2) is 23.8 Å². The van der Waals surface area contributed by atoms with E-state index in [1.54, 1.807) is 11.3 Å². The predicted molar refractivity (Wildman–Crippen MR) is 90.5 cm³/mol. The van der Waals surface area contributed by atoms with Gasteiger partial charge in [0.05, 0.1) is 23.9 Å². The lowest BCUT2D eigenvalue weighted by molar-refractivity contribution is -0.0450. The maximum Gasteiger partial charge on any atom is 0.182 e. The van der Waals surface area contributed by atoms with Gasteiger partial charge in [-0.15, -0.1) is 11.3 Å². The van der Waals surface area contributed by atoms with Gasteiger partial charge in [-0.2, -0.15) is 5.10 Å². The van der Waals surface area contributed by atoms with Crippen LogP contribution in [-0.2, 0) is 18.3 Å². The maximum absolute atomic E-state index is 6.21. The van der Waals surface area contributed by atoms with Crippen molar-refractivity contribution in [3.63, 3.8) is 0 Å². The van der Waals surface area contributed by atoms with Gasteiger partial charge in [-0.3, -0.25) is 9.58 Å². The summed E-state index contributed by atoms with van der Waals surface area (Å²) >= 11 is 1.65. The average molecular weight is 333 g/mol. The number of ether oxygens (including phenoxy) is 1. The van der Waals surface area contributed by atoms with E-state index in [2.05, 4.69) is 26.4 Å². The Balaban J connectivity index is 1.29. The van der Waals surface area contributed by atoms with Crippen LogP contribution in [0.1, 0.15) is 25.0 Å². The van der Waals surface area contributed by atoms with Crippen molar-refractivity contribution in [2.75, 3.05) is 25.0 Å². The molecule has 2 aromatic heterocycles. The summed E-state index contributed by atoms with van der Waals surface area (Å²) in [6.07, 6.45) is 7.15. The largest absolute Gasteiger partial charge is 0.373 e. The first kappa shape index (κ1) is 15.1. The minimum Gasteiger partial charge on any atom is -0.373 e. The van der Waals surface area contributed by atoms with Crippen molar-refractivity contribution < 1.29 is 4.74 Å². The minimum absolute atomic E-state index is 0.0650. The summed E-state index contributed by atoms with van der Waals surface area (Å²) in [5, 5.41) is 11.0. The van der Waals surface area contributed by atoms with Gasteiger partial charge in [0.25, 0.3) is 0 Å². The number of nitrogens with zero attached hydrogens (tertiary/aromatic N) is 4. The Kier molecular flexibility index (Phi) is 4.09. The molecule has 4 rings (SSSR count). The Morgan fingerprint density at radius 3 is 3.00 bits per heavy atom. The first-order chi connectivity index (χ1) is 11.2. The molecule has 2 aliphatic heterocycles. The SMILES string of the molecule is Cn1ccc(CN2CCC3(CC2)C[C@@H](Nc2nccs2)CO3)n1. The molecule has 0 aliphatic carbocycles. The smallest absolute Gasteiger partial charge is 0.182 e. The van der Waals surface area contributed by atoms with Crippen molar-refractivity contribution in [3.8, 4) is 0 Å². The second-order valence-electron chi connectivity index (χ2n) is 6.63. The van der Waals surface area contributed by atoms with Crippen LogP contribution < -0.4 is 5.32 Å². The van der Waals surface area contributed by atoms with Gasteiger partial charge in [0.2, 0.25) is 0 Å². The zero-order chi connectivity index (χ0) is 15.7. The van der Waals surface area contributed by atoms with E-state index in [1.165, 1.54) is 0 Å². The van der Waals surface area contributed by atoms with Crippen molar-refractivity contribution in [2.24, 2.45) is 7.05 Å². The van der Waals surface area contributed by atoms with Crippen molar-refractivity contribution in [1.29, 1.82) is 0 Å². The monoisotopic (exact) mass is 333 g/mol. The number of likely N-dealkylation sites (tertiary alicyclic amines) is 1. The summed E-state index contributed by atoms with van der Waals surface area (Å²) in [4.78, 5) is 6.79. The fraction of sp³-hybridized carbons (Fsp3) is 0.625. The number of aromatic nitrogens is 3. The molecular formula is C16H23N5OS. The van der Waals surface area contributed by atoms with Gasteiger partial charge < -0.3 is 10.1 Å². The zero-order valence-corrected chi connectivity index (χ0v) is 14.3. The van der Waals surface area contributed by atoms with Crippen molar-refractivity contribution in [2.45, 2.75) is 37.5 Å². The summed E-state index contributed by atoms with van der Waals surface area (Å²) in [5.74, 6) is 0. The summed E-state index contributed by atoms with van der Waals surface area (Å²) in [5.41, 5.74) is 1.22. The van der Waals surface area contributed by atoms with Gasteiger partial charge in [0.1, 0.15) is 0 Å². The topological polar surface area (TPSA) is 55.2 Å². The van der Waals surface area contributed by atoms with Crippen LogP contribution in [0.5, 0.6) is 0 Å². The molecule has 4 heterocycles. The van der Waals surface area contributed by atoms with E-state index in [0.29, 0.717) is 6.04 Å². The van der Waals surface area contributed by atoms with E-state index in [4.69, 9.17) is 4.74 Å². The zero-order valence-electron chi connectivity index (χ0n) is 13.4. The van der Waals surface area contributed by atoms with E-state index in [0.717, 1.165) is 56.3 Å². The molecule has 0 aromatic carbocycles. The summed E-state index contributed by atoms with van der Waals surface area (Å²) < 4.78 is 8.08. The van der Waals surface area contributed by atoms with Gasteiger partial charge in [-0.1, -0.05) is 0 Å². The Labute approximate surface area is 140 Å². The Morgan fingerprint density at radius 1 is 1.43 bits per heavy atom. The minimum atomic E-state index is 0.0650. The molecular weight excluding hydrogens is 310 g/mol. The summed E-state index contributed by atoms with van der Waals surface area (Å²) in [7, 11) is 1.97. The molecule has 1 spiro atoms. The highest BCUT2D eigenvalue weighted by molar-refractivity contribution is 7.13. The van der Waals surface area contributed by atoms with E-state index in [9.17, 15) is 0 Å². The predicted octanol–water partition coefficient (Wildman–Crippen LogP) is 2.11. The quantitative estimate of drug-likeness (QED) is 0.929. The average Bonchev–Trinajstić information content (AvgIpc) is 3.26. The number of aryl methyl sites for hydroxylation is 1. The molecule has 2 aromatic rings. The Morgan fingerprint density at radius 2 is 2.30 bits per heavy atom. The lowest BCUT2D eigenvalue weighted by Gasteiger charge is -2.38. The van der Waals surface area contributed by atoms with Gasteiger partial charge in [0.15, 0.2) is 5.13 Å². The van der Waals surface area contributed by atoms with Crippen molar-refractivity contribution >= 4 is 16.5 Å². The van der Waals surface area contributed by atoms with Crippen LogP contribution in [0.25, 0.3) is 0 Å². The number of piperidine rings is 1. The number of thiazole rings is 1. The lowest BCUT2D eigenvalue weighted by Crippen LogP contribution is -2.44. The third-order valence-corrected chi connectivity index (χ3v) is 5.60. The number of anilines is 1. The molecule has 7 heteroatoms. The van der Waals surface area contributed by atoms with Crippen LogP contribution in [0, 0.1) is 0 Å². The lowest BCUT2D eigenvalue weighted by atomic mass is 9.87. The molecule has 2 aliphatic rings. The van der Waals surface area contributed by atoms with Gasteiger partial charge in [-0.25, -0.2) is 4.98 Å². The first-order valence-electron chi connectivity index (χ1n) is 8.22. The maximum atomic E-state index is 6.21. The van der Waals surface area contributed by atoms with Crippen molar-refractivity contribution in [1.82, 2.24) is 19.7 Å². The van der Waals surface area contributed by atoms with Crippen LogP contribution in [0.3, 0.4) is 0 Å². The van der Waals surface area contributed by atoms with Gasteiger partial charge in [0, 0.05) is 44.5 Å². The molecule has 0 bridgehead atoms. The van der Waals surface area contributed by atoms with E-state index in [1.807, 2.05) is 29.5 Å². The molecule has 23 heavy (non-hydrogen) atoms. The Bertz CT molecular complexity index is 633. The molecule has 124 valence electrons. The molecule has 0 radical (unpaired) electrons. The molecule has 2 fully saturated rings. The van der Waals surface area contributed by atoms with Crippen LogP contribution in [-0.4, -0.2) is 51.0 Å². The molecule has 0 amide bonds. The van der Waals surface area contributed by atoms with Crippen LogP contribution in [0.2, 0.25) is 0 Å². The molecule has 6 nitrogen and oxygen atoms in total. The third kappa shape index (κ3) is 3.41. The third-order valence-electron chi connectivity index (χ3n) is 4.89. The standard InChI is InChI=1S/C16H23N5OS/c1-20-6-2-13(19-20)11-21-7-3-16(4-8-21)10-14(12-22-16)18-15-17-5-9-23-15/h2,5-6,9,14H,3-4,7-8,10-12H2,1H3,(H,17,18)/t14-/m1/s1. The second kappa shape index (κ2) is 6.22. The molecule has 1 atom stereocenters. The normalized spacial score (nSPS) is 24.3. The van der Waals surface area contributed by atoms with Crippen LogP contribution >= 0.6 is 11.3 Å². The van der Waals surface area contributed by atoms with Crippen molar-refractivity contribution in [3.05, 3.63) is 29.5 Å². The first-order valence-corrected chi connectivity index (χ1v) is 9.10. The van der Waals surface area contributed by atoms with E-state index in [-0.39, 0.29) is 5.60 Å². The van der Waals surface area contributed by atoms with E-state index < -0.39 is 0 Å². The molecule has 1 N–H and O–H groups in total. The number of rotatable bonds is 4. The number of hydrogen-bond acceptors (Lipinski definition) is 6. The molecule has 0 saturated carbocycles. The number of hydrogen-bond donors (Lipinski definition) is 1. The van der Waals surface area contributed by atoms with E-state index >= 15 is 0 Å². The fourth-order valence-electron chi connectivity index (χ4n) is 3.65. The van der Waals surface area contributed by atoms with Gasteiger partial charge >= 0.3 is 0 Å². The molecule has 0 unspecified atom stereocenters. The highest BCUT2D eigenvalue weighted by Crippen LogP contribution is 2.37. The summed E-state index contributed by atoms with van der Waals surface area (Å²) in [6, 6.07) is 2.49. The van der Waals surface area contributed by atoms with Gasteiger partial charge in [-0.05, 0) is 25.3 Å². The number of nitrogens with one attached hydrogen (secondary N) is 1. The molecule has 2 saturated heterocycles. The highest BCUT2D eigenvalue weighted by Gasteiger charge is 2.42. The Hall–Kier alpha value is -1.44.